The van der Waals surface area contributed by atoms with Crippen molar-refractivity contribution in [2.75, 3.05) is 13.6 Å². The number of nitrogens with zero attached hydrogens (tertiary/aromatic N) is 2. The van der Waals surface area contributed by atoms with Gasteiger partial charge in [0.05, 0.1) is 6.20 Å². The molecule has 1 aliphatic rings. The fraction of sp³-hybridized carbons (Fsp3) is 0.727. The van der Waals surface area contributed by atoms with Gasteiger partial charge in [0.1, 0.15) is 5.82 Å². The third-order valence-corrected chi connectivity index (χ3v) is 4.69. The van der Waals surface area contributed by atoms with Gasteiger partial charge in [0, 0.05) is 18.6 Å². The molecule has 0 spiro atoms. The Balaban J connectivity index is 1.92. The van der Waals surface area contributed by atoms with E-state index in [4.69, 9.17) is 0 Å². The van der Waals surface area contributed by atoms with E-state index in [1.807, 2.05) is 14.0 Å². The largest absolute Gasteiger partial charge is 0.332 e. The number of likely N-dealkylation sites (N-methyl/N-ethyl adjacent to an activating group) is 1. The molecule has 1 saturated carbocycles. The van der Waals surface area contributed by atoms with Crippen molar-refractivity contribution in [1.82, 2.24) is 19.6 Å². The summed E-state index contributed by atoms with van der Waals surface area (Å²) in [6.45, 7) is 4.16. The minimum absolute atomic E-state index is 0.126. The molecule has 1 unspecified atom stereocenters. The number of sulfonamides is 1. The molecule has 0 amide bonds. The van der Waals surface area contributed by atoms with Gasteiger partial charge in [-0.15, -0.1) is 0 Å². The smallest absolute Gasteiger partial charge is 0.257 e. The van der Waals surface area contributed by atoms with E-state index in [0.717, 1.165) is 0 Å². The van der Waals surface area contributed by atoms with Crippen LogP contribution in [0.1, 0.15) is 25.6 Å². The van der Waals surface area contributed by atoms with Crippen LogP contribution in [0.2, 0.25) is 0 Å². The Morgan fingerprint density at radius 2 is 2.28 bits per heavy atom. The van der Waals surface area contributed by atoms with Gasteiger partial charge in [0.25, 0.3) is 10.0 Å². The first-order chi connectivity index (χ1) is 8.40. The number of aromatic amines is 1. The van der Waals surface area contributed by atoms with E-state index in [9.17, 15) is 8.42 Å². The van der Waals surface area contributed by atoms with Crippen molar-refractivity contribution in [3.63, 3.8) is 0 Å². The summed E-state index contributed by atoms with van der Waals surface area (Å²) in [5.74, 6) is 0.596. The Morgan fingerprint density at radius 3 is 2.78 bits per heavy atom. The normalized spacial score (nSPS) is 18.2. The number of hydrogen-bond acceptors (Lipinski definition) is 4. The fourth-order valence-corrected chi connectivity index (χ4v) is 2.92. The Labute approximate surface area is 108 Å². The highest BCUT2D eigenvalue weighted by molar-refractivity contribution is 7.89. The van der Waals surface area contributed by atoms with Crippen LogP contribution in [0, 0.1) is 6.92 Å². The molecule has 0 aliphatic heterocycles. The van der Waals surface area contributed by atoms with Gasteiger partial charge in [-0.2, -0.15) is 0 Å². The first-order valence-corrected chi connectivity index (χ1v) is 7.61. The summed E-state index contributed by atoms with van der Waals surface area (Å²) in [5.41, 5.74) is 0. The molecule has 1 heterocycles. The average molecular weight is 272 g/mol. The molecular formula is C11H20N4O2S. The number of nitrogens with one attached hydrogen (secondary N) is 2. The predicted octanol–water partition coefficient (Wildman–Crippen LogP) is 0.479. The summed E-state index contributed by atoms with van der Waals surface area (Å²) in [5, 5.41) is 0.126. The maximum Gasteiger partial charge on any atom is 0.257 e. The standard InChI is InChI=1S/C11H20N4O2S/c1-8(15(3)10-4-5-10)6-13-18(16,17)11-7-12-9(2)14-11/h7-8,10,13H,4-6H2,1-3H3,(H,12,14). The summed E-state index contributed by atoms with van der Waals surface area (Å²) in [4.78, 5) is 8.85. The summed E-state index contributed by atoms with van der Waals surface area (Å²) in [6, 6.07) is 0.815. The van der Waals surface area contributed by atoms with Gasteiger partial charge in [-0.3, -0.25) is 4.90 Å². The third-order valence-electron chi connectivity index (χ3n) is 3.36. The maximum absolute atomic E-state index is 12.0. The molecule has 1 aromatic heterocycles. The Bertz CT molecular complexity index is 507. The number of H-pyrrole nitrogens is 1. The number of imidazole rings is 1. The van der Waals surface area contributed by atoms with E-state index in [1.165, 1.54) is 19.0 Å². The molecule has 0 bridgehead atoms. The van der Waals surface area contributed by atoms with Crippen molar-refractivity contribution in [2.24, 2.45) is 0 Å². The van der Waals surface area contributed by atoms with Gasteiger partial charge >= 0.3 is 0 Å². The van der Waals surface area contributed by atoms with E-state index in [-0.39, 0.29) is 11.1 Å². The van der Waals surface area contributed by atoms with Crippen molar-refractivity contribution in [1.29, 1.82) is 0 Å². The highest BCUT2D eigenvalue weighted by atomic mass is 32.2. The summed E-state index contributed by atoms with van der Waals surface area (Å²) >= 11 is 0. The van der Waals surface area contributed by atoms with Crippen LogP contribution < -0.4 is 4.72 Å². The molecule has 102 valence electrons. The van der Waals surface area contributed by atoms with E-state index in [0.29, 0.717) is 18.4 Å². The summed E-state index contributed by atoms with van der Waals surface area (Å²) in [7, 11) is -1.43. The zero-order chi connectivity index (χ0) is 13.3. The average Bonchev–Trinajstić information content (AvgIpc) is 3.07. The second-order valence-electron chi connectivity index (χ2n) is 4.93. The Kier molecular flexibility index (Phi) is 3.74. The van der Waals surface area contributed by atoms with E-state index < -0.39 is 10.0 Å². The molecule has 0 saturated heterocycles. The van der Waals surface area contributed by atoms with Crippen molar-refractivity contribution in [3.05, 3.63) is 12.0 Å². The lowest BCUT2D eigenvalue weighted by Gasteiger charge is -2.24. The molecule has 6 nitrogen and oxygen atoms in total. The van der Waals surface area contributed by atoms with Gasteiger partial charge in [-0.1, -0.05) is 0 Å². The molecule has 2 N–H and O–H groups in total. The quantitative estimate of drug-likeness (QED) is 0.789. The van der Waals surface area contributed by atoms with E-state index in [1.54, 1.807) is 6.92 Å². The highest BCUT2D eigenvalue weighted by Crippen LogP contribution is 2.26. The lowest BCUT2D eigenvalue weighted by atomic mass is 10.3. The van der Waals surface area contributed by atoms with Gasteiger partial charge in [-0.05, 0) is 33.7 Å². The molecule has 1 fully saturated rings. The monoisotopic (exact) mass is 272 g/mol. The van der Waals surface area contributed by atoms with Crippen LogP contribution in [-0.4, -0.2) is 49.0 Å². The molecule has 2 rings (SSSR count). The third kappa shape index (κ3) is 3.09. The molecular weight excluding hydrogens is 252 g/mol. The minimum Gasteiger partial charge on any atom is -0.332 e. The van der Waals surface area contributed by atoms with E-state index >= 15 is 0 Å². The van der Waals surface area contributed by atoms with Crippen molar-refractivity contribution >= 4 is 10.0 Å². The zero-order valence-electron chi connectivity index (χ0n) is 11.0. The minimum atomic E-state index is -3.47. The fourth-order valence-electron chi connectivity index (χ4n) is 1.83. The topological polar surface area (TPSA) is 78.1 Å². The summed E-state index contributed by atoms with van der Waals surface area (Å²) < 4.78 is 26.5. The van der Waals surface area contributed by atoms with E-state index in [2.05, 4.69) is 19.6 Å². The lowest BCUT2D eigenvalue weighted by Crippen LogP contribution is -2.41. The molecule has 18 heavy (non-hydrogen) atoms. The van der Waals surface area contributed by atoms with Gasteiger partial charge in [0.15, 0.2) is 5.03 Å². The Hall–Kier alpha value is -0.920. The SMILES string of the molecule is Cc1ncc(S(=O)(=O)NCC(C)N(C)C2CC2)[nH]1. The molecule has 1 aromatic rings. The van der Waals surface area contributed by atoms with Crippen LogP contribution in [0.5, 0.6) is 0 Å². The van der Waals surface area contributed by atoms with Crippen LogP contribution in [0.4, 0.5) is 0 Å². The second kappa shape index (κ2) is 4.99. The first kappa shape index (κ1) is 13.5. The second-order valence-corrected chi connectivity index (χ2v) is 6.67. The number of rotatable bonds is 6. The molecule has 1 atom stereocenters. The zero-order valence-corrected chi connectivity index (χ0v) is 11.8. The van der Waals surface area contributed by atoms with Crippen molar-refractivity contribution in [3.8, 4) is 0 Å². The number of hydrogen-bond donors (Lipinski definition) is 2. The molecule has 1 aliphatic carbocycles. The van der Waals surface area contributed by atoms with Crippen LogP contribution in [0.25, 0.3) is 0 Å². The number of aryl methyl sites for hydroxylation is 1. The van der Waals surface area contributed by atoms with Crippen LogP contribution in [0.15, 0.2) is 11.2 Å². The molecule has 0 aromatic carbocycles. The van der Waals surface area contributed by atoms with Crippen molar-refractivity contribution in [2.45, 2.75) is 43.8 Å². The van der Waals surface area contributed by atoms with Gasteiger partial charge in [0.2, 0.25) is 0 Å². The highest BCUT2D eigenvalue weighted by Gasteiger charge is 2.29. The van der Waals surface area contributed by atoms with Gasteiger partial charge < -0.3 is 4.98 Å². The van der Waals surface area contributed by atoms with Crippen LogP contribution in [0.3, 0.4) is 0 Å². The summed E-state index contributed by atoms with van der Waals surface area (Å²) in [6.07, 6.45) is 3.77. The first-order valence-electron chi connectivity index (χ1n) is 6.13. The van der Waals surface area contributed by atoms with Crippen LogP contribution in [-0.2, 0) is 10.0 Å². The maximum atomic E-state index is 12.0. The van der Waals surface area contributed by atoms with Crippen molar-refractivity contribution < 1.29 is 8.42 Å². The molecule has 0 radical (unpaired) electrons. The number of aromatic nitrogens is 2. The predicted molar refractivity (Wildman–Crippen MR) is 68.8 cm³/mol. The Morgan fingerprint density at radius 1 is 1.61 bits per heavy atom. The van der Waals surface area contributed by atoms with Crippen LogP contribution >= 0.6 is 0 Å². The van der Waals surface area contributed by atoms with Gasteiger partial charge in [-0.25, -0.2) is 18.1 Å². The molecule has 7 heteroatoms. The lowest BCUT2D eigenvalue weighted by molar-refractivity contribution is 0.248.